The minimum absolute atomic E-state index is 0.210. The van der Waals surface area contributed by atoms with Crippen LogP contribution >= 0.6 is 0 Å². The highest BCUT2D eigenvalue weighted by molar-refractivity contribution is 5.56. The molecule has 0 bridgehead atoms. The first-order chi connectivity index (χ1) is 8.47. The topological polar surface area (TPSA) is 35.2 Å². The lowest BCUT2D eigenvalue weighted by Gasteiger charge is -2.12. The van der Waals surface area contributed by atoms with Crippen molar-refractivity contribution in [3.05, 3.63) is 53.1 Å². The third-order valence-electron chi connectivity index (χ3n) is 2.65. The van der Waals surface area contributed by atoms with E-state index in [0.717, 1.165) is 0 Å². The van der Waals surface area contributed by atoms with Gasteiger partial charge in [0.2, 0.25) is 0 Å². The molecule has 4 heteroatoms. The van der Waals surface area contributed by atoms with E-state index in [4.69, 9.17) is 10.5 Å². The first-order valence-electron chi connectivity index (χ1n) is 5.47. The number of nitrogen functional groups attached to an aromatic ring is 1. The van der Waals surface area contributed by atoms with Gasteiger partial charge in [0.1, 0.15) is 17.4 Å². The van der Waals surface area contributed by atoms with Crippen molar-refractivity contribution in [2.45, 2.75) is 13.8 Å². The van der Waals surface area contributed by atoms with Gasteiger partial charge in [-0.1, -0.05) is 0 Å². The molecule has 2 aromatic carbocycles. The summed E-state index contributed by atoms with van der Waals surface area (Å²) in [5.41, 5.74) is 6.98. The molecule has 2 N–H and O–H groups in total. The number of ether oxygens (including phenoxy) is 1. The second kappa shape index (κ2) is 4.64. The van der Waals surface area contributed by atoms with Crippen LogP contribution in [0.25, 0.3) is 0 Å². The Balaban J connectivity index is 2.37. The van der Waals surface area contributed by atoms with Gasteiger partial charge in [0.05, 0.1) is 5.69 Å². The quantitative estimate of drug-likeness (QED) is 0.818. The van der Waals surface area contributed by atoms with Crippen molar-refractivity contribution >= 4 is 5.69 Å². The highest BCUT2D eigenvalue weighted by Gasteiger charge is 2.09. The maximum absolute atomic E-state index is 13.2. The standard InChI is InChI=1S/C14H13F2NO/c1-8-6-14(12(17)7-11(8)16)18-13-4-3-10(15)5-9(13)2/h3-7H,17H2,1-2H3. The molecule has 0 unspecified atom stereocenters. The summed E-state index contributed by atoms with van der Waals surface area (Å²) in [6, 6.07) is 6.91. The van der Waals surface area contributed by atoms with Crippen molar-refractivity contribution in [1.82, 2.24) is 0 Å². The zero-order valence-electron chi connectivity index (χ0n) is 10.1. The third kappa shape index (κ3) is 2.42. The minimum Gasteiger partial charge on any atom is -0.455 e. The monoisotopic (exact) mass is 249 g/mol. The summed E-state index contributed by atoms with van der Waals surface area (Å²) in [7, 11) is 0. The molecule has 0 aromatic heterocycles. The highest BCUT2D eigenvalue weighted by Crippen LogP contribution is 2.31. The smallest absolute Gasteiger partial charge is 0.150 e. The van der Waals surface area contributed by atoms with E-state index >= 15 is 0 Å². The van der Waals surface area contributed by atoms with E-state index in [1.807, 2.05) is 0 Å². The van der Waals surface area contributed by atoms with Gasteiger partial charge in [-0.3, -0.25) is 0 Å². The summed E-state index contributed by atoms with van der Waals surface area (Å²) in [6.07, 6.45) is 0. The molecule has 0 atom stereocenters. The van der Waals surface area contributed by atoms with E-state index in [9.17, 15) is 8.78 Å². The lowest BCUT2D eigenvalue weighted by molar-refractivity contribution is 0.476. The molecule has 2 aromatic rings. The Morgan fingerprint density at radius 1 is 0.944 bits per heavy atom. The highest BCUT2D eigenvalue weighted by atomic mass is 19.1. The van der Waals surface area contributed by atoms with Crippen molar-refractivity contribution in [3.8, 4) is 11.5 Å². The summed E-state index contributed by atoms with van der Waals surface area (Å²) >= 11 is 0. The Hall–Kier alpha value is -2.10. The minimum atomic E-state index is -0.379. The zero-order chi connectivity index (χ0) is 13.3. The first-order valence-corrected chi connectivity index (χ1v) is 5.47. The molecule has 0 spiro atoms. The van der Waals surface area contributed by atoms with Crippen LogP contribution in [0.4, 0.5) is 14.5 Å². The molecule has 0 aliphatic carbocycles. The zero-order valence-corrected chi connectivity index (χ0v) is 10.1. The molecule has 0 saturated carbocycles. The van der Waals surface area contributed by atoms with Crippen molar-refractivity contribution in [3.63, 3.8) is 0 Å². The van der Waals surface area contributed by atoms with Crippen molar-refractivity contribution < 1.29 is 13.5 Å². The van der Waals surface area contributed by atoms with E-state index in [1.54, 1.807) is 13.8 Å². The Bertz CT molecular complexity index is 597. The van der Waals surface area contributed by atoms with Gasteiger partial charge in [-0.05, 0) is 49.2 Å². The number of benzene rings is 2. The van der Waals surface area contributed by atoms with Crippen LogP contribution in [0.1, 0.15) is 11.1 Å². The van der Waals surface area contributed by atoms with Crippen molar-refractivity contribution in [1.29, 1.82) is 0 Å². The van der Waals surface area contributed by atoms with E-state index < -0.39 is 0 Å². The van der Waals surface area contributed by atoms with Crippen LogP contribution in [-0.2, 0) is 0 Å². The van der Waals surface area contributed by atoms with Gasteiger partial charge in [0.15, 0.2) is 5.75 Å². The van der Waals surface area contributed by atoms with Crippen LogP contribution in [-0.4, -0.2) is 0 Å². The molecule has 0 fully saturated rings. The summed E-state index contributed by atoms with van der Waals surface area (Å²) in [6.45, 7) is 3.35. The van der Waals surface area contributed by atoms with Gasteiger partial charge in [0.25, 0.3) is 0 Å². The fourth-order valence-corrected chi connectivity index (χ4v) is 1.60. The largest absolute Gasteiger partial charge is 0.455 e. The van der Waals surface area contributed by atoms with Crippen LogP contribution in [0.2, 0.25) is 0 Å². The molecule has 94 valence electrons. The number of hydrogen-bond acceptors (Lipinski definition) is 2. The maximum atomic E-state index is 13.2. The van der Waals surface area contributed by atoms with Gasteiger partial charge < -0.3 is 10.5 Å². The Morgan fingerprint density at radius 3 is 2.33 bits per heavy atom. The normalized spacial score (nSPS) is 10.4. The number of nitrogens with two attached hydrogens (primary N) is 1. The molecule has 2 rings (SSSR count). The molecule has 0 aliphatic rings. The van der Waals surface area contributed by atoms with Gasteiger partial charge in [-0.15, -0.1) is 0 Å². The predicted octanol–water partition coefficient (Wildman–Crippen LogP) is 3.96. The van der Waals surface area contributed by atoms with E-state index in [2.05, 4.69) is 0 Å². The average Bonchev–Trinajstić information content (AvgIpc) is 2.29. The number of hydrogen-bond donors (Lipinski definition) is 1. The molecular formula is C14H13F2NO. The number of rotatable bonds is 2. The van der Waals surface area contributed by atoms with Crippen LogP contribution < -0.4 is 10.5 Å². The molecule has 0 aliphatic heterocycles. The van der Waals surface area contributed by atoms with E-state index in [0.29, 0.717) is 22.6 Å². The molecule has 0 saturated heterocycles. The van der Waals surface area contributed by atoms with Gasteiger partial charge in [-0.2, -0.15) is 0 Å². The second-order valence-corrected chi connectivity index (χ2v) is 4.15. The molecule has 18 heavy (non-hydrogen) atoms. The Kier molecular flexibility index (Phi) is 3.19. The SMILES string of the molecule is Cc1cc(Oc2ccc(F)cc2C)c(N)cc1F. The molecular weight excluding hydrogens is 236 g/mol. The number of halogens is 2. The van der Waals surface area contributed by atoms with Gasteiger partial charge in [0, 0.05) is 6.07 Å². The van der Waals surface area contributed by atoms with Crippen molar-refractivity contribution in [2.24, 2.45) is 0 Å². The van der Waals surface area contributed by atoms with Crippen molar-refractivity contribution in [2.75, 3.05) is 5.73 Å². The summed E-state index contributed by atoms with van der Waals surface area (Å²) in [5, 5.41) is 0. The maximum Gasteiger partial charge on any atom is 0.150 e. The van der Waals surface area contributed by atoms with E-state index in [-0.39, 0.29) is 17.3 Å². The van der Waals surface area contributed by atoms with Gasteiger partial charge >= 0.3 is 0 Å². The first kappa shape index (κ1) is 12.4. The van der Waals surface area contributed by atoms with Gasteiger partial charge in [-0.25, -0.2) is 8.78 Å². The Labute approximate surface area is 104 Å². The Morgan fingerprint density at radius 2 is 1.67 bits per heavy atom. The molecule has 2 nitrogen and oxygen atoms in total. The average molecular weight is 249 g/mol. The second-order valence-electron chi connectivity index (χ2n) is 4.15. The lowest BCUT2D eigenvalue weighted by atomic mass is 10.2. The molecule has 0 radical (unpaired) electrons. The third-order valence-corrected chi connectivity index (χ3v) is 2.65. The number of anilines is 1. The predicted molar refractivity (Wildman–Crippen MR) is 66.8 cm³/mol. The fourth-order valence-electron chi connectivity index (χ4n) is 1.60. The summed E-state index contributed by atoms with van der Waals surface area (Å²) < 4.78 is 31.8. The van der Waals surface area contributed by atoms with Crippen LogP contribution in [0, 0.1) is 25.5 Å². The molecule has 0 amide bonds. The lowest BCUT2D eigenvalue weighted by Crippen LogP contribution is -1.96. The number of aryl methyl sites for hydroxylation is 2. The van der Waals surface area contributed by atoms with Crippen LogP contribution in [0.3, 0.4) is 0 Å². The summed E-state index contributed by atoms with van der Waals surface area (Å²) in [4.78, 5) is 0. The fraction of sp³-hybridized carbons (Fsp3) is 0.143. The van der Waals surface area contributed by atoms with Crippen LogP contribution in [0.15, 0.2) is 30.3 Å². The summed E-state index contributed by atoms with van der Waals surface area (Å²) in [5.74, 6) is 0.150. The van der Waals surface area contributed by atoms with E-state index in [1.165, 1.54) is 30.3 Å². The molecule has 0 heterocycles. The van der Waals surface area contributed by atoms with Crippen LogP contribution in [0.5, 0.6) is 11.5 Å².